The van der Waals surface area contributed by atoms with Gasteiger partial charge in [-0.25, -0.2) is 4.39 Å². The number of hydrogen-bond acceptors (Lipinski definition) is 3. The Morgan fingerprint density at radius 3 is 2.71 bits per heavy atom. The third-order valence-corrected chi connectivity index (χ3v) is 4.59. The van der Waals surface area contributed by atoms with Gasteiger partial charge in [-0.2, -0.15) is 0 Å². The first-order valence-corrected chi connectivity index (χ1v) is 7.73. The molecule has 2 aliphatic rings. The molecule has 4 nitrogen and oxygen atoms in total. The van der Waals surface area contributed by atoms with Gasteiger partial charge in [0.1, 0.15) is 5.82 Å². The van der Waals surface area contributed by atoms with E-state index in [1.807, 2.05) is 4.90 Å². The van der Waals surface area contributed by atoms with Gasteiger partial charge in [-0.1, -0.05) is 0 Å². The van der Waals surface area contributed by atoms with Crippen LogP contribution in [0.4, 0.5) is 10.1 Å². The topological polar surface area (TPSA) is 49.6 Å². The number of hydrogen-bond donors (Lipinski definition) is 1. The maximum absolute atomic E-state index is 13.4. The number of carbonyl (C=O) groups excluding carboxylic acids is 1. The average molecular weight is 291 g/mol. The standard InChI is InChI=1S/C16H22FN3O/c17-12-5-6-15(18)14(10-12)16(21)20-9-3-4-13(11-20)19-7-1-2-8-19/h5-6,10,13H,1-4,7-9,11,18H2. The summed E-state index contributed by atoms with van der Waals surface area (Å²) in [6.07, 6.45) is 4.65. The lowest BCUT2D eigenvalue weighted by atomic mass is 10.0. The smallest absolute Gasteiger partial charge is 0.256 e. The Bertz CT molecular complexity index is 528. The van der Waals surface area contributed by atoms with Gasteiger partial charge in [0.05, 0.1) is 5.56 Å². The second kappa shape index (κ2) is 6.02. The fourth-order valence-corrected chi connectivity index (χ4v) is 3.43. The molecule has 2 N–H and O–H groups in total. The van der Waals surface area contributed by atoms with Crippen LogP contribution in [-0.4, -0.2) is 47.9 Å². The molecule has 114 valence electrons. The first kappa shape index (κ1) is 14.3. The minimum absolute atomic E-state index is 0.143. The van der Waals surface area contributed by atoms with Gasteiger partial charge in [0.25, 0.3) is 5.91 Å². The third kappa shape index (κ3) is 3.02. The molecule has 5 heteroatoms. The van der Waals surface area contributed by atoms with Crippen LogP contribution in [0.2, 0.25) is 0 Å². The molecule has 1 unspecified atom stereocenters. The molecule has 2 saturated heterocycles. The Morgan fingerprint density at radius 1 is 1.19 bits per heavy atom. The highest BCUT2D eigenvalue weighted by Gasteiger charge is 2.30. The molecular weight excluding hydrogens is 269 g/mol. The zero-order valence-electron chi connectivity index (χ0n) is 12.2. The van der Waals surface area contributed by atoms with Gasteiger partial charge < -0.3 is 10.6 Å². The van der Waals surface area contributed by atoms with Crippen LogP contribution in [0.3, 0.4) is 0 Å². The third-order valence-electron chi connectivity index (χ3n) is 4.59. The van der Waals surface area contributed by atoms with Gasteiger partial charge in [0.2, 0.25) is 0 Å². The molecule has 0 aliphatic carbocycles. The Morgan fingerprint density at radius 2 is 1.95 bits per heavy atom. The molecular formula is C16H22FN3O. The van der Waals surface area contributed by atoms with Crippen molar-refractivity contribution in [3.63, 3.8) is 0 Å². The zero-order chi connectivity index (χ0) is 14.8. The quantitative estimate of drug-likeness (QED) is 0.849. The summed E-state index contributed by atoms with van der Waals surface area (Å²) in [5, 5.41) is 0. The highest BCUT2D eigenvalue weighted by molar-refractivity contribution is 5.99. The van der Waals surface area contributed by atoms with Crippen molar-refractivity contribution in [2.75, 3.05) is 31.9 Å². The first-order valence-electron chi connectivity index (χ1n) is 7.73. The van der Waals surface area contributed by atoms with Crippen molar-refractivity contribution in [3.8, 4) is 0 Å². The number of benzene rings is 1. The highest BCUT2D eigenvalue weighted by atomic mass is 19.1. The molecule has 1 aromatic carbocycles. The number of carbonyl (C=O) groups is 1. The maximum atomic E-state index is 13.4. The summed E-state index contributed by atoms with van der Waals surface area (Å²) in [6, 6.07) is 4.44. The predicted octanol–water partition coefficient (Wildman–Crippen LogP) is 2.11. The van der Waals surface area contributed by atoms with E-state index in [-0.39, 0.29) is 11.5 Å². The van der Waals surface area contributed by atoms with E-state index >= 15 is 0 Å². The molecule has 3 rings (SSSR count). The molecule has 2 fully saturated rings. The molecule has 2 aliphatic heterocycles. The summed E-state index contributed by atoms with van der Waals surface area (Å²) in [7, 11) is 0. The number of likely N-dealkylation sites (tertiary alicyclic amines) is 2. The zero-order valence-corrected chi connectivity index (χ0v) is 12.2. The molecule has 21 heavy (non-hydrogen) atoms. The Balaban J connectivity index is 1.73. The molecule has 0 aromatic heterocycles. The number of rotatable bonds is 2. The van der Waals surface area contributed by atoms with Crippen molar-refractivity contribution < 1.29 is 9.18 Å². The van der Waals surface area contributed by atoms with Crippen LogP contribution in [-0.2, 0) is 0 Å². The summed E-state index contributed by atoms with van der Waals surface area (Å²) in [6.45, 7) is 3.73. The SMILES string of the molecule is Nc1ccc(F)cc1C(=O)N1CCCC(N2CCCC2)C1. The Kier molecular flexibility index (Phi) is 4.10. The largest absolute Gasteiger partial charge is 0.398 e. The van der Waals surface area contributed by atoms with Gasteiger partial charge in [-0.05, 0) is 57.0 Å². The van der Waals surface area contributed by atoms with Gasteiger partial charge >= 0.3 is 0 Å². The van der Waals surface area contributed by atoms with Gasteiger partial charge in [-0.15, -0.1) is 0 Å². The van der Waals surface area contributed by atoms with Gasteiger partial charge in [0.15, 0.2) is 0 Å². The van der Waals surface area contributed by atoms with Crippen LogP contribution in [0.5, 0.6) is 0 Å². The summed E-state index contributed by atoms with van der Waals surface area (Å²) >= 11 is 0. The van der Waals surface area contributed by atoms with Crippen molar-refractivity contribution in [1.29, 1.82) is 0 Å². The maximum Gasteiger partial charge on any atom is 0.256 e. The van der Waals surface area contributed by atoms with Crippen molar-refractivity contribution in [2.24, 2.45) is 0 Å². The van der Waals surface area contributed by atoms with Crippen molar-refractivity contribution in [2.45, 2.75) is 31.7 Å². The van der Waals surface area contributed by atoms with Gasteiger partial charge in [-0.3, -0.25) is 9.69 Å². The number of piperidine rings is 1. The molecule has 2 heterocycles. The number of nitrogens with two attached hydrogens (primary N) is 1. The monoisotopic (exact) mass is 291 g/mol. The van der Waals surface area contributed by atoms with Crippen LogP contribution in [0.15, 0.2) is 18.2 Å². The van der Waals surface area contributed by atoms with E-state index in [0.29, 0.717) is 11.7 Å². The van der Waals surface area contributed by atoms with Crippen LogP contribution in [0.1, 0.15) is 36.0 Å². The van der Waals surface area contributed by atoms with Crippen LogP contribution in [0, 0.1) is 5.82 Å². The van der Waals surface area contributed by atoms with Gasteiger partial charge in [0, 0.05) is 24.8 Å². The van der Waals surface area contributed by atoms with E-state index in [0.717, 1.165) is 39.0 Å². The van der Waals surface area contributed by atoms with E-state index in [1.54, 1.807) is 0 Å². The lowest BCUT2D eigenvalue weighted by Crippen LogP contribution is -2.49. The van der Waals surface area contributed by atoms with Crippen LogP contribution in [0.25, 0.3) is 0 Å². The second-order valence-electron chi connectivity index (χ2n) is 6.02. The van der Waals surface area contributed by atoms with Crippen molar-refractivity contribution in [1.82, 2.24) is 9.80 Å². The first-order chi connectivity index (χ1) is 10.1. The number of anilines is 1. The normalized spacial score (nSPS) is 23.5. The Labute approximate surface area is 124 Å². The summed E-state index contributed by atoms with van der Waals surface area (Å²) in [4.78, 5) is 16.9. The van der Waals surface area contributed by atoms with E-state index in [1.165, 1.54) is 31.0 Å². The molecule has 0 spiro atoms. The molecule has 0 saturated carbocycles. The average Bonchev–Trinajstić information content (AvgIpc) is 3.03. The van der Waals surface area contributed by atoms with E-state index in [9.17, 15) is 9.18 Å². The minimum Gasteiger partial charge on any atom is -0.398 e. The van der Waals surface area contributed by atoms with Crippen molar-refractivity contribution in [3.05, 3.63) is 29.6 Å². The Hall–Kier alpha value is -1.62. The predicted molar refractivity (Wildman–Crippen MR) is 80.5 cm³/mol. The molecule has 1 aromatic rings. The molecule has 0 radical (unpaired) electrons. The lowest BCUT2D eigenvalue weighted by Gasteiger charge is -2.37. The molecule has 0 bridgehead atoms. The highest BCUT2D eigenvalue weighted by Crippen LogP contribution is 2.23. The van der Waals surface area contributed by atoms with E-state index in [2.05, 4.69) is 4.90 Å². The number of nitrogen functional groups attached to an aromatic ring is 1. The summed E-state index contributed by atoms with van der Waals surface area (Å²) < 4.78 is 13.4. The van der Waals surface area contributed by atoms with Crippen LogP contribution < -0.4 is 5.73 Å². The minimum atomic E-state index is -0.416. The summed E-state index contributed by atoms with van der Waals surface area (Å²) in [5.41, 5.74) is 6.47. The van der Waals surface area contributed by atoms with E-state index < -0.39 is 5.82 Å². The molecule has 1 atom stereocenters. The molecule has 1 amide bonds. The number of nitrogens with zero attached hydrogens (tertiary/aromatic N) is 2. The fraction of sp³-hybridized carbons (Fsp3) is 0.562. The lowest BCUT2D eigenvalue weighted by molar-refractivity contribution is 0.0608. The second-order valence-corrected chi connectivity index (χ2v) is 6.02. The fourth-order valence-electron chi connectivity index (χ4n) is 3.43. The summed E-state index contributed by atoms with van der Waals surface area (Å²) in [5.74, 6) is -0.559. The number of halogens is 1. The van der Waals surface area contributed by atoms with E-state index in [4.69, 9.17) is 5.73 Å². The van der Waals surface area contributed by atoms with Crippen molar-refractivity contribution >= 4 is 11.6 Å². The number of amides is 1. The van der Waals surface area contributed by atoms with Crippen LogP contribution >= 0.6 is 0 Å².